The average molecular weight is 1010 g/mol. The van der Waals surface area contributed by atoms with Crippen LogP contribution < -0.4 is 0 Å². The molecule has 4 rings (SSSR count). The maximum Gasteiger partial charge on any atom is 0.329 e. The van der Waals surface area contributed by atoms with E-state index < -0.39 is 147 Å². The number of methoxy groups -OCH3 is 3. The number of carbonyl (C=O) groups excluding carboxylic acids is 5. The molecule has 2 saturated heterocycles. The zero-order valence-corrected chi connectivity index (χ0v) is 44.0. The molecular formula is C54H86NO14P. The van der Waals surface area contributed by atoms with E-state index in [9.17, 15) is 41.5 Å². The zero-order valence-electron chi connectivity index (χ0n) is 51.1. The molecule has 0 aromatic rings. The first kappa shape index (κ1) is 47.8. The summed E-state index contributed by atoms with van der Waals surface area (Å²) in [7, 11) is -3.12. The van der Waals surface area contributed by atoms with Crippen LogP contribution in [0.25, 0.3) is 0 Å². The second-order valence-corrected chi connectivity index (χ2v) is 23.2. The Morgan fingerprint density at radius 2 is 1.66 bits per heavy atom. The Morgan fingerprint density at radius 1 is 0.929 bits per heavy atom. The number of esters is 1. The molecule has 396 valence electrons. The van der Waals surface area contributed by atoms with Crippen molar-refractivity contribution in [2.45, 2.75) is 181 Å². The highest BCUT2D eigenvalue weighted by molar-refractivity contribution is 7.57. The monoisotopic (exact) mass is 1010 g/mol. The molecular weight excluding hydrogens is 918 g/mol. The Hall–Kier alpha value is -3.14. The number of rotatable bonds is 8. The van der Waals surface area contributed by atoms with Crippen LogP contribution in [0.5, 0.6) is 0 Å². The number of ketones is 3. The Labute approximate surface area is 429 Å². The molecule has 0 radical (unpaired) electrons. The summed E-state index contributed by atoms with van der Waals surface area (Å²) in [5, 5.41) is 23.8. The molecule has 3 heterocycles. The fraction of sp³-hybridized carbons (Fsp3) is 0.759. The van der Waals surface area contributed by atoms with Crippen LogP contribution in [-0.2, 0) is 56.7 Å². The molecule has 0 aromatic carbocycles. The van der Waals surface area contributed by atoms with Gasteiger partial charge >= 0.3 is 5.97 Å². The Morgan fingerprint density at radius 3 is 2.31 bits per heavy atom. The van der Waals surface area contributed by atoms with Crippen LogP contribution in [-0.4, -0.2) is 140 Å². The number of fused-ring (bicyclic) bond motifs is 3. The van der Waals surface area contributed by atoms with Gasteiger partial charge in [0.1, 0.15) is 30.1 Å². The van der Waals surface area contributed by atoms with E-state index in [1.807, 2.05) is 0 Å². The van der Waals surface area contributed by atoms with Gasteiger partial charge in [0.15, 0.2) is 13.2 Å². The number of aliphatic hydroxyl groups excluding tert-OH is 1. The number of carbonyl (C=O) groups is 5. The van der Waals surface area contributed by atoms with E-state index >= 15 is 0 Å². The minimum Gasteiger partial charge on any atom is -0.460 e. The molecule has 4 aliphatic rings. The van der Waals surface area contributed by atoms with Crippen molar-refractivity contribution in [2.75, 3.05) is 41.1 Å². The number of nitrogens with zero attached hydrogens (tertiary/aromatic N) is 1. The van der Waals surface area contributed by atoms with Crippen molar-refractivity contribution in [1.29, 1.82) is 0 Å². The summed E-state index contributed by atoms with van der Waals surface area (Å²) in [6.07, 6.45) is 2.91. The van der Waals surface area contributed by atoms with E-state index in [4.69, 9.17) is 36.4 Å². The maximum absolute atomic E-state index is 14.6. The molecule has 16 heteroatoms. The normalized spacial score (nSPS) is 42.6. The lowest BCUT2D eigenvalue weighted by atomic mass is 9.78. The summed E-state index contributed by atoms with van der Waals surface area (Å²) in [6, 6.07) is -1.38. The number of hydrogen-bond donors (Lipinski definition) is 2. The molecule has 1 amide bonds. The maximum atomic E-state index is 14.6. The quantitative estimate of drug-likeness (QED) is 0.103. The number of piperidine rings is 1. The van der Waals surface area contributed by atoms with Crippen molar-refractivity contribution in [2.24, 2.45) is 41.4 Å². The van der Waals surface area contributed by atoms with Gasteiger partial charge in [-0.2, -0.15) is 0 Å². The van der Waals surface area contributed by atoms with Crippen LogP contribution in [0, 0.1) is 41.4 Å². The molecule has 16 atom stereocenters. The minimum absolute atomic E-state index is 0.0305. The van der Waals surface area contributed by atoms with Crippen LogP contribution in [0.15, 0.2) is 47.6 Å². The van der Waals surface area contributed by atoms with Gasteiger partial charge in [-0.3, -0.25) is 23.7 Å². The van der Waals surface area contributed by atoms with Gasteiger partial charge in [-0.15, -0.1) is 0 Å². The van der Waals surface area contributed by atoms with Gasteiger partial charge in [-0.05, 0) is 106 Å². The highest BCUT2D eigenvalue weighted by Gasteiger charge is 2.53. The van der Waals surface area contributed by atoms with Gasteiger partial charge < -0.3 is 43.3 Å². The molecule has 1 saturated carbocycles. The number of ether oxygens (including phenoxy) is 5. The average Bonchev–Trinajstić information content (AvgIpc) is 3.35. The number of allylic oxidation sites excluding steroid dienone is 6. The summed E-state index contributed by atoms with van der Waals surface area (Å²) in [5.74, 6) is -16.5. The van der Waals surface area contributed by atoms with Crippen LogP contribution in [0.2, 0.25) is 0 Å². The highest BCUT2D eigenvalue weighted by atomic mass is 31.2. The van der Waals surface area contributed by atoms with Gasteiger partial charge in [0.05, 0.1) is 28.5 Å². The van der Waals surface area contributed by atoms with Gasteiger partial charge in [0, 0.05) is 78.6 Å². The van der Waals surface area contributed by atoms with Crippen molar-refractivity contribution in [3.05, 3.63) is 47.6 Å². The van der Waals surface area contributed by atoms with E-state index in [1.54, 1.807) is 19.9 Å². The summed E-state index contributed by atoms with van der Waals surface area (Å²) in [5.41, 5.74) is 0.275. The number of hydrogen-bond acceptors (Lipinski definition) is 14. The second-order valence-electron chi connectivity index (χ2n) is 20.4. The van der Waals surface area contributed by atoms with E-state index in [0.717, 1.165) is 18.1 Å². The minimum atomic E-state index is -3.03. The van der Waals surface area contributed by atoms with Gasteiger partial charge in [-0.1, -0.05) is 77.9 Å². The molecule has 3 aliphatic heterocycles. The molecule has 15 nitrogen and oxygen atoms in total. The Balaban J connectivity index is 1.85. The van der Waals surface area contributed by atoms with E-state index in [0.29, 0.717) is 44.1 Å². The number of Topliss-reactive ketones (excluding diaryl/α,β-unsaturated/α-hetero) is 3. The van der Waals surface area contributed by atoms with Crippen LogP contribution >= 0.6 is 7.37 Å². The van der Waals surface area contributed by atoms with Gasteiger partial charge in [0.2, 0.25) is 5.79 Å². The van der Waals surface area contributed by atoms with Crippen molar-refractivity contribution in [3.63, 3.8) is 0 Å². The van der Waals surface area contributed by atoms with Crippen LogP contribution in [0.3, 0.4) is 0 Å². The standard InChI is InChI=1S/C54H86NO14P/c1-32-19-15-14-16-20-33(2)45(64-9)30-41-24-22-37(6)54(62,68-41)51(59)52(60)55-26-18-17-21-42(55)53(61)67-46(35(4)28-40-23-25-44(47(29-40)65-10)69-70(12,13)63)31-43(56)34(3)27-36(5)48(57)50(66-11)49(58)39(8)38(32)7/h14-16,19-20,27,32,34-35,37-42,44-48,50,57,62H,17-18,21-26,28-31H2,1-13H3/b16-14?,19-15+,33-20?,36-27+/t32-,34-,35-,37-,38?,39-,40+,41+,42+,44-,45+,46+,47-,48-,50-,54-/m1/s1/i3D3,9D3,32D,38D. The summed E-state index contributed by atoms with van der Waals surface area (Å²) < 4.78 is 115. The SMILES string of the molecule is [2H]C([2H])([2H])O[C@H]1C[C@@H]2CC[C@@H](C)[C@@](O)(O2)C(=O)C(=O)N2CCCC[C@H]2C(=O)O[C@H]([C@H](C)C[C@@H]2CC[C@@H](OP(C)(C)=O)[C@H](OC)C2)CC(=O)[C@H](C([2H])([2H])[2H])/C=C(\C)[C@@H](O)[C@@H](OC)C(=O)[C@H](C)C([2H])(C)[C@]([2H])(C)/C=C/C=CC=C1C. The zero-order chi connectivity index (χ0) is 59.1. The molecule has 2 bridgehead atoms. The van der Waals surface area contributed by atoms with Crippen molar-refractivity contribution < 1.29 is 77.9 Å². The number of cyclic esters (lactones) is 1. The first-order chi connectivity index (χ1) is 35.9. The molecule has 70 heavy (non-hydrogen) atoms. The lowest BCUT2D eigenvalue weighted by Crippen LogP contribution is -2.61. The third-order valence-electron chi connectivity index (χ3n) is 14.8. The van der Waals surface area contributed by atoms with Gasteiger partial charge in [-0.25, -0.2) is 4.79 Å². The van der Waals surface area contributed by atoms with Gasteiger partial charge in [0.25, 0.3) is 11.7 Å². The van der Waals surface area contributed by atoms with E-state index in [2.05, 4.69) is 0 Å². The van der Waals surface area contributed by atoms with Crippen molar-refractivity contribution in [1.82, 2.24) is 4.90 Å². The number of amides is 1. The lowest BCUT2D eigenvalue weighted by Gasteiger charge is -2.42. The fourth-order valence-electron chi connectivity index (χ4n) is 10.1. The highest BCUT2D eigenvalue weighted by Crippen LogP contribution is 2.45. The van der Waals surface area contributed by atoms with Crippen molar-refractivity contribution >= 4 is 36.6 Å². The third-order valence-corrected chi connectivity index (χ3v) is 15.6. The number of aliphatic hydroxyl groups is 2. The summed E-state index contributed by atoms with van der Waals surface area (Å²) >= 11 is 0. The summed E-state index contributed by atoms with van der Waals surface area (Å²) in [6.45, 7) is 10.3. The predicted molar refractivity (Wildman–Crippen MR) is 268 cm³/mol. The van der Waals surface area contributed by atoms with Crippen LogP contribution in [0.1, 0.15) is 137 Å². The third kappa shape index (κ3) is 15.7. The molecule has 1 unspecified atom stereocenters. The first-order valence-electron chi connectivity index (χ1n) is 28.8. The van der Waals surface area contributed by atoms with E-state index in [1.165, 1.54) is 79.4 Å². The van der Waals surface area contributed by atoms with Crippen molar-refractivity contribution in [3.8, 4) is 0 Å². The van der Waals surface area contributed by atoms with E-state index in [-0.39, 0.29) is 43.7 Å². The fourth-order valence-corrected chi connectivity index (χ4v) is 11.0. The molecule has 1 aliphatic carbocycles. The topological polar surface area (TPSA) is 201 Å². The summed E-state index contributed by atoms with van der Waals surface area (Å²) in [4.78, 5) is 73.4. The second kappa shape index (κ2) is 26.7. The smallest absolute Gasteiger partial charge is 0.329 e. The predicted octanol–water partition coefficient (Wildman–Crippen LogP) is 7.99. The first-order valence-corrected chi connectivity index (χ1v) is 27.3. The van der Waals surface area contributed by atoms with Crippen LogP contribution in [0.4, 0.5) is 0 Å². The molecule has 3 fully saturated rings. The Bertz CT molecular complexity index is 2300. The largest absolute Gasteiger partial charge is 0.460 e. The Kier molecular flexibility index (Phi) is 18.2. The lowest BCUT2D eigenvalue weighted by molar-refractivity contribution is -0.265. The molecule has 2 N–H and O–H groups in total. The molecule has 0 spiro atoms. The molecule has 0 aromatic heterocycles.